The summed E-state index contributed by atoms with van der Waals surface area (Å²) in [4.78, 5) is 25.0. The van der Waals surface area contributed by atoms with Gasteiger partial charge in [-0.25, -0.2) is 4.79 Å². The van der Waals surface area contributed by atoms with E-state index >= 15 is 0 Å². The number of fused-ring (bicyclic) bond motifs is 2. The molecular formula is C20H26O9. The van der Waals surface area contributed by atoms with Gasteiger partial charge in [0.1, 0.15) is 29.5 Å². The Kier molecular flexibility index (Phi) is 3.56. The van der Waals surface area contributed by atoms with E-state index in [1.807, 2.05) is 0 Å². The first-order chi connectivity index (χ1) is 13.4. The number of carbonyl (C=O) groups is 2. The Labute approximate surface area is 166 Å². The Morgan fingerprint density at radius 1 is 1.10 bits per heavy atom. The third kappa shape index (κ3) is 1.70. The topological polar surface area (TPSA) is 154 Å². The summed E-state index contributed by atoms with van der Waals surface area (Å²) in [5, 5.41) is 55.8. The van der Waals surface area contributed by atoms with Crippen LogP contribution in [0, 0.1) is 22.7 Å². The average molecular weight is 410 g/mol. The number of ketones is 1. The van der Waals surface area contributed by atoms with Gasteiger partial charge in [-0.15, -0.1) is 0 Å². The lowest BCUT2D eigenvalue weighted by Crippen LogP contribution is -2.86. The zero-order valence-electron chi connectivity index (χ0n) is 16.4. The van der Waals surface area contributed by atoms with E-state index in [0.29, 0.717) is 5.57 Å². The number of rotatable bonds is 0. The van der Waals surface area contributed by atoms with Gasteiger partial charge in [0.05, 0.1) is 18.1 Å². The van der Waals surface area contributed by atoms with Crippen LogP contribution in [0.1, 0.15) is 27.2 Å². The van der Waals surface area contributed by atoms with Gasteiger partial charge in [0, 0.05) is 11.3 Å². The van der Waals surface area contributed by atoms with Crippen LogP contribution < -0.4 is 0 Å². The van der Waals surface area contributed by atoms with Crippen LogP contribution in [-0.4, -0.2) is 85.6 Å². The molecule has 5 N–H and O–H groups in total. The third-order valence-corrected chi connectivity index (χ3v) is 8.96. The SMILES string of the molecule is CC1=CC(=O)C(O)C2(C)C1C[C@H]1OC(=O)[C@H](O)[C@]3(O)[C@]14CO[C@]3(C)C(O)[C@H](O)C24. The van der Waals surface area contributed by atoms with Gasteiger partial charge in [-0.1, -0.05) is 12.5 Å². The largest absolute Gasteiger partial charge is 0.460 e. The average Bonchev–Trinajstić information content (AvgIpc) is 2.85. The van der Waals surface area contributed by atoms with Crippen molar-refractivity contribution in [3.63, 3.8) is 0 Å². The van der Waals surface area contributed by atoms with Crippen molar-refractivity contribution in [3.05, 3.63) is 11.6 Å². The molecule has 0 aromatic carbocycles. The van der Waals surface area contributed by atoms with Gasteiger partial charge in [0.2, 0.25) is 0 Å². The normalized spacial score (nSPS) is 60.8. The Morgan fingerprint density at radius 2 is 1.76 bits per heavy atom. The molecule has 0 aromatic heterocycles. The molecule has 2 saturated carbocycles. The number of esters is 1. The predicted octanol–water partition coefficient (Wildman–Crippen LogP) is -1.95. The number of aliphatic hydroxyl groups excluding tert-OH is 4. The Balaban J connectivity index is 1.83. The molecule has 2 bridgehead atoms. The smallest absolute Gasteiger partial charge is 0.338 e. The lowest BCUT2D eigenvalue weighted by molar-refractivity contribution is -0.351. The summed E-state index contributed by atoms with van der Waals surface area (Å²) in [6.07, 6.45) is -6.07. The second-order valence-corrected chi connectivity index (χ2v) is 9.79. The molecule has 2 saturated heterocycles. The fourth-order valence-electron chi connectivity index (χ4n) is 7.56. The van der Waals surface area contributed by atoms with E-state index in [1.54, 1.807) is 13.8 Å². The van der Waals surface area contributed by atoms with Crippen molar-refractivity contribution in [1.82, 2.24) is 0 Å². The summed E-state index contributed by atoms with van der Waals surface area (Å²) in [5.41, 5.74) is -6.22. The maximum Gasteiger partial charge on any atom is 0.338 e. The standard InChI is InChI=1S/C20H26O9/c1-7-4-9(21)13(23)17(2)8(7)5-10-19-6-28-18(3,14(24)11(22)12(17)19)20(19,27)15(25)16(26)29-10/h4,8,10-15,22-25,27H,5-6H2,1-3H3/t8?,10-,11-,12?,13?,14?,15+,17?,18-,19-,20-/m1/s1. The summed E-state index contributed by atoms with van der Waals surface area (Å²) in [7, 11) is 0. The van der Waals surface area contributed by atoms with E-state index < -0.39 is 76.1 Å². The van der Waals surface area contributed by atoms with Crippen LogP contribution in [0.25, 0.3) is 0 Å². The van der Waals surface area contributed by atoms with Gasteiger partial charge in [0.15, 0.2) is 11.9 Å². The van der Waals surface area contributed by atoms with E-state index in [4.69, 9.17) is 9.47 Å². The number of hydrogen-bond donors (Lipinski definition) is 5. The summed E-state index contributed by atoms with van der Waals surface area (Å²) >= 11 is 0. The summed E-state index contributed by atoms with van der Waals surface area (Å²) < 4.78 is 11.4. The molecule has 5 rings (SSSR count). The maximum absolute atomic E-state index is 12.5. The quantitative estimate of drug-likeness (QED) is 0.287. The second-order valence-electron chi connectivity index (χ2n) is 9.79. The van der Waals surface area contributed by atoms with Crippen LogP contribution in [-0.2, 0) is 19.1 Å². The van der Waals surface area contributed by atoms with E-state index in [1.165, 1.54) is 13.0 Å². The number of hydrogen-bond acceptors (Lipinski definition) is 9. The fourth-order valence-corrected chi connectivity index (χ4v) is 7.56. The van der Waals surface area contributed by atoms with Gasteiger partial charge in [-0.2, -0.15) is 0 Å². The summed E-state index contributed by atoms with van der Waals surface area (Å²) in [5.74, 6) is -3.08. The number of aliphatic hydroxyl groups is 5. The van der Waals surface area contributed by atoms with Crippen LogP contribution in [0.4, 0.5) is 0 Å². The monoisotopic (exact) mass is 410 g/mol. The van der Waals surface area contributed by atoms with Crippen molar-refractivity contribution < 1.29 is 44.6 Å². The highest BCUT2D eigenvalue weighted by atomic mass is 16.6. The van der Waals surface area contributed by atoms with Gasteiger partial charge in [-0.3, -0.25) is 4.79 Å². The first-order valence-electron chi connectivity index (χ1n) is 9.90. The zero-order valence-corrected chi connectivity index (χ0v) is 16.4. The summed E-state index contributed by atoms with van der Waals surface area (Å²) in [6, 6.07) is 0. The van der Waals surface area contributed by atoms with E-state index in [2.05, 4.69) is 0 Å². The van der Waals surface area contributed by atoms with Crippen molar-refractivity contribution in [2.45, 2.75) is 68.9 Å². The molecule has 2 aliphatic heterocycles. The summed E-state index contributed by atoms with van der Waals surface area (Å²) in [6.45, 7) is 4.52. The molecule has 9 heteroatoms. The zero-order chi connectivity index (χ0) is 21.3. The molecular weight excluding hydrogens is 384 g/mol. The Morgan fingerprint density at radius 3 is 2.41 bits per heavy atom. The molecule has 0 aromatic rings. The molecule has 3 aliphatic carbocycles. The molecule has 5 unspecified atom stereocenters. The van der Waals surface area contributed by atoms with Crippen LogP contribution in [0.2, 0.25) is 0 Å². The minimum atomic E-state index is -2.27. The van der Waals surface area contributed by atoms with Gasteiger partial charge >= 0.3 is 5.97 Å². The molecule has 29 heavy (non-hydrogen) atoms. The minimum absolute atomic E-state index is 0.183. The molecule has 9 nitrogen and oxygen atoms in total. The van der Waals surface area contributed by atoms with Gasteiger partial charge in [0.25, 0.3) is 0 Å². The van der Waals surface area contributed by atoms with Gasteiger partial charge < -0.3 is 35.0 Å². The first kappa shape index (κ1) is 19.6. The first-order valence-corrected chi connectivity index (χ1v) is 9.90. The molecule has 160 valence electrons. The van der Waals surface area contributed by atoms with Crippen molar-refractivity contribution >= 4 is 11.8 Å². The van der Waals surface area contributed by atoms with E-state index in [0.717, 1.165) is 0 Å². The molecule has 4 fully saturated rings. The maximum atomic E-state index is 12.5. The number of allylic oxidation sites excluding steroid dienone is 1. The van der Waals surface area contributed by atoms with Crippen molar-refractivity contribution in [3.8, 4) is 0 Å². The van der Waals surface area contributed by atoms with Crippen LogP contribution in [0.5, 0.6) is 0 Å². The highest BCUT2D eigenvalue weighted by Gasteiger charge is 2.88. The van der Waals surface area contributed by atoms with Crippen molar-refractivity contribution in [1.29, 1.82) is 0 Å². The highest BCUT2D eigenvalue weighted by Crippen LogP contribution is 2.73. The second kappa shape index (κ2) is 5.27. The van der Waals surface area contributed by atoms with Crippen molar-refractivity contribution in [2.75, 3.05) is 6.61 Å². The predicted molar refractivity (Wildman–Crippen MR) is 94.1 cm³/mol. The molecule has 5 aliphatic rings. The lowest BCUT2D eigenvalue weighted by Gasteiger charge is -2.70. The fraction of sp³-hybridized carbons (Fsp3) is 0.800. The Hall–Kier alpha value is -1.36. The molecule has 1 spiro atoms. The van der Waals surface area contributed by atoms with Crippen LogP contribution in [0.3, 0.4) is 0 Å². The van der Waals surface area contributed by atoms with Gasteiger partial charge in [-0.05, 0) is 32.3 Å². The van der Waals surface area contributed by atoms with Crippen LogP contribution >= 0.6 is 0 Å². The highest BCUT2D eigenvalue weighted by molar-refractivity contribution is 5.96. The molecule has 0 amide bonds. The van der Waals surface area contributed by atoms with Crippen molar-refractivity contribution in [2.24, 2.45) is 22.7 Å². The molecule has 0 radical (unpaired) electrons. The number of carbonyl (C=O) groups excluding carboxylic acids is 2. The van der Waals surface area contributed by atoms with E-state index in [-0.39, 0.29) is 13.0 Å². The van der Waals surface area contributed by atoms with Crippen LogP contribution in [0.15, 0.2) is 11.6 Å². The third-order valence-electron chi connectivity index (χ3n) is 8.96. The Bertz CT molecular complexity index is 855. The lowest BCUT2D eigenvalue weighted by atomic mass is 9.36. The molecule has 11 atom stereocenters. The molecule has 2 heterocycles. The number of ether oxygens (including phenoxy) is 2. The minimum Gasteiger partial charge on any atom is -0.460 e. The van der Waals surface area contributed by atoms with E-state index in [9.17, 15) is 35.1 Å².